The van der Waals surface area contributed by atoms with E-state index in [1.165, 1.54) is 0 Å². The van der Waals surface area contributed by atoms with Crippen LogP contribution < -0.4 is 10.6 Å². The van der Waals surface area contributed by atoms with E-state index in [9.17, 15) is 0 Å². The summed E-state index contributed by atoms with van der Waals surface area (Å²) in [5.74, 6) is 1.20. The number of nitrogens with zero attached hydrogens (tertiary/aromatic N) is 4. The molecule has 0 spiro atoms. The molecule has 0 radical (unpaired) electrons. The van der Waals surface area contributed by atoms with Crippen LogP contribution in [0, 0.1) is 0 Å². The van der Waals surface area contributed by atoms with Crippen molar-refractivity contribution < 1.29 is 4.74 Å². The van der Waals surface area contributed by atoms with Crippen LogP contribution in [0.5, 0.6) is 0 Å². The van der Waals surface area contributed by atoms with Crippen LogP contribution in [0.1, 0.15) is 6.42 Å². The van der Waals surface area contributed by atoms with E-state index in [0.717, 1.165) is 35.5 Å². The second-order valence-electron chi connectivity index (χ2n) is 5.28. The first-order chi connectivity index (χ1) is 11.7. The Hall–Kier alpha value is -2.38. The Balaban J connectivity index is 1.90. The summed E-state index contributed by atoms with van der Waals surface area (Å²) in [5, 5.41) is 12.2. The van der Waals surface area contributed by atoms with E-state index in [0.29, 0.717) is 17.6 Å². The van der Waals surface area contributed by atoms with Crippen molar-refractivity contribution in [1.82, 2.24) is 19.7 Å². The van der Waals surface area contributed by atoms with Crippen molar-refractivity contribution >= 4 is 40.1 Å². The summed E-state index contributed by atoms with van der Waals surface area (Å²) in [6, 6.07) is 7.48. The van der Waals surface area contributed by atoms with Crippen LogP contribution in [0.2, 0.25) is 5.02 Å². The van der Waals surface area contributed by atoms with Gasteiger partial charge in [-0.3, -0.25) is 4.68 Å². The van der Waals surface area contributed by atoms with E-state index < -0.39 is 0 Å². The van der Waals surface area contributed by atoms with Gasteiger partial charge in [-0.15, -0.1) is 0 Å². The maximum atomic E-state index is 6.20. The van der Waals surface area contributed by atoms with E-state index in [2.05, 4.69) is 25.7 Å². The largest absolute Gasteiger partial charge is 0.385 e. The van der Waals surface area contributed by atoms with Gasteiger partial charge in [0.15, 0.2) is 5.65 Å². The molecular formula is C16H19ClN6O. The minimum Gasteiger partial charge on any atom is -0.385 e. The molecule has 0 aliphatic rings. The summed E-state index contributed by atoms with van der Waals surface area (Å²) in [6.45, 7) is 1.44. The molecule has 0 atom stereocenters. The van der Waals surface area contributed by atoms with Gasteiger partial charge in [-0.2, -0.15) is 15.1 Å². The van der Waals surface area contributed by atoms with E-state index in [1.807, 2.05) is 31.3 Å². The fraction of sp³-hybridized carbons (Fsp3) is 0.312. The van der Waals surface area contributed by atoms with Gasteiger partial charge in [-0.05, 0) is 18.6 Å². The number of halogens is 1. The fourth-order valence-corrected chi connectivity index (χ4v) is 2.50. The lowest BCUT2D eigenvalue weighted by atomic mass is 10.3. The highest BCUT2D eigenvalue weighted by Crippen LogP contribution is 2.26. The van der Waals surface area contributed by atoms with Gasteiger partial charge in [0.05, 0.1) is 22.3 Å². The summed E-state index contributed by atoms with van der Waals surface area (Å²) in [7, 11) is 3.54. The topological polar surface area (TPSA) is 76.9 Å². The van der Waals surface area contributed by atoms with Gasteiger partial charge < -0.3 is 15.4 Å². The smallest absolute Gasteiger partial charge is 0.231 e. The maximum Gasteiger partial charge on any atom is 0.231 e. The molecule has 1 aromatic carbocycles. The molecule has 0 bridgehead atoms. The molecule has 8 heteroatoms. The number of aryl methyl sites for hydroxylation is 1. The van der Waals surface area contributed by atoms with Crippen LogP contribution in [-0.2, 0) is 11.8 Å². The molecule has 0 aliphatic carbocycles. The molecular weight excluding hydrogens is 328 g/mol. The number of para-hydroxylation sites is 1. The molecule has 0 unspecified atom stereocenters. The van der Waals surface area contributed by atoms with Crippen LogP contribution in [0.3, 0.4) is 0 Å². The Kier molecular flexibility index (Phi) is 5.12. The fourth-order valence-electron chi connectivity index (χ4n) is 2.32. The van der Waals surface area contributed by atoms with Gasteiger partial charge in [0.2, 0.25) is 5.95 Å². The first-order valence-electron chi connectivity index (χ1n) is 7.63. The molecule has 0 fully saturated rings. The number of nitrogens with one attached hydrogen (secondary N) is 2. The number of hydrogen-bond acceptors (Lipinski definition) is 6. The number of methoxy groups -OCH3 is 1. The molecule has 2 heterocycles. The van der Waals surface area contributed by atoms with Gasteiger partial charge in [-0.1, -0.05) is 23.7 Å². The zero-order chi connectivity index (χ0) is 16.9. The summed E-state index contributed by atoms with van der Waals surface area (Å²) in [5.41, 5.74) is 1.50. The van der Waals surface area contributed by atoms with Crippen molar-refractivity contribution in [3.8, 4) is 0 Å². The van der Waals surface area contributed by atoms with Crippen LogP contribution >= 0.6 is 11.6 Å². The Bertz CT molecular complexity index is 835. The molecule has 0 aliphatic heterocycles. The molecule has 3 rings (SSSR count). The van der Waals surface area contributed by atoms with Gasteiger partial charge in [0.1, 0.15) is 5.82 Å². The van der Waals surface area contributed by atoms with Crippen molar-refractivity contribution in [3.05, 3.63) is 35.5 Å². The van der Waals surface area contributed by atoms with E-state index in [4.69, 9.17) is 16.3 Å². The Morgan fingerprint density at radius 2 is 2.08 bits per heavy atom. The zero-order valence-corrected chi connectivity index (χ0v) is 14.3. The number of fused-ring (bicyclic) bond motifs is 1. The minimum atomic E-state index is 0.466. The minimum absolute atomic E-state index is 0.466. The molecule has 7 nitrogen and oxygen atoms in total. The monoisotopic (exact) mass is 346 g/mol. The van der Waals surface area contributed by atoms with E-state index in [1.54, 1.807) is 18.0 Å². The van der Waals surface area contributed by atoms with Crippen LogP contribution in [0.25, 0.3) is 11.0 Å². The Morgan fingerprint density at radius 1 is 1.25 bits per heavy atom. The van der Waals surface area contributed by atoms with Crippen molar-refractivity contribution in [2.75, 3.05) is 30.9 Å². The zero-order valence-electron chi connectivity index (χ0n) is 13.6. The van der Waals surface area contributed by atoms with Crippen molar-refractivity contribution in [2.24, 2.45) is 7.05 Å². The first-order valence-corrected chi connectivity index (χ1v) is 8.01. The van der Waals surface area contributed by atoms with E-state index in [-0.39, 0.29) is 0 Å². The number of ether oxygens (including phenoxy) is 1. The molecule has 24 heavy (non-hydrogen) atoms. The van der Waals surface area contributed by atoms with Gasteiger partial charge in [0.25, 0.3) is 0 Å². The standard InChI is InChI=1S/C16H19ClN6O/c1-23-15-11(10-19-23)14(18-8-5-9-24-2)21-16(22-15)20-13-7-4-3-6-12(13)17/h3-4,6-7,10H,5,8-9H2,1-2H3,(H2,18,20,21,22). The second-order valence-corrected chi connectivity index (χ2v) is 5.69. The highest BCUT2D eigenvalue weighted by atomic mass is 35.5. The third-order valence-electron chi connectivity index (χ3n) is 3.53. The van der Waals surface area contributed by atoms with Crippen molar-refractivity contribution in [3.63, 3.8) is 0 Å². The van der Waals surface area contributed by atoms with Crippen LogP contribution in [-0.4, -0.2) is 40.0 Å². The summed E-state index contributed by atoms with van der Waals surface area (Å²) in [6.07, 6.45) is 2.64. The molecule has 0 saturated heterocycles. The van der Waals surface area contributed by atoms with Crippen LogP contribution in [0.4, 0.5) is 17.5 Å². The molecule has 126 valence electrons. The molecule has 0 saturated carbocycles. The highest BCUT2D eigenvalue weighted by molar-refractivity contribution is 6.33. The second kappa shape index (κ2) is 7.46. The predicted octanol–water partition coefficient (Wildman–Crippen LogP) is 3.21. The highest BCUT2D eigenvalue weighted by Gasteiger charge is 2.12. The summed E-state index contributed by atoms with van der Waals surface area (Å²) >= 11 is 6.20. The first kappa shape index (κ1) is 16.5. The lowest BCUT2D eigenvalue weighted by molar-refractivity contribution is 0.198. The normalized spacial score (nSPS) is 11.0. The Morgan fingerprint density at radius 3 is 2.88 bits per heavy atom. The number of benzene rings is 1. The molecule has 2 N–H and O–H groups in total. The molecule has 2 aromatic heterocycles. The predicted molar refractivity (Wildman–Crippen MR) is 96.0 cm³/mol. The van der Waals surface area contributed by atoms with Crippen molar-refractivity contribution in [1.29, 1.82) is 0 Å². The summed E-state index contributed by atoms with van der Waals surface area (Å²) in [4.78, 5) is 9.09. The molecule has 0 amide bonds. The lowest BCUT2D eigenvalue weighted by Gasteiger charge is -2.11. The van der Waals surface area contributed by atoms with Crippen LogP contribution in [0.15, 0.2) is 30.5 Å². The number of aromatic nitrogens is 4. The third-order valence-corrected chi connectivity index (χ3v) is 3.86. The van der Waals surface area contributed by atoms with E-state index >= 15 is 0 Å². The average molecular weight is 347 g/mol. The third kappa shape index (κ3) is 3.58. The Labute approximate surface area is 145 Å². The van der Waals surface area contributed by atoms with Gasteiger partial charge in [0, 0.05) is 27.3 Å². The number of hydrogen-bond donors (Lipinski definition) is 2. The molecule has 3 aromatic rings. The maximum absolute atomic E-state index is 6.20. The average Bonchev–Trinajstić information content (AvgIpc) is 2.95. The quantitative estimate of drug-likeness (QED) is 0.640. The summed E-state index contributed by atoms with van der Waals surface area (Å²) < 4.78 is 6.79. The lowest BCUT2D eigenvalue weighted by Crippen LogP contribution is -2.09. The number of rotatable bonds is 7. The van der Waals surface area contributed by atoms with Crippen molar-refractivity contribution in [2.45, 2.75) is 6.42 Å². The van der Waals surface area contributed by atoms with Gasteiger partial charge >= 0.3 is 0 Å². The van der Waals surface area contributed by atoms with Gasteiger partial charge in [-0.25, -0.2) is 0 Å². The number of anilines is 3. The SMILES string of the molecule is COCCCNc1nc(Nc2ccccc2Cl)nc2c1cnn2C.